The van der Waals surface area contributed by atoms with Crippen LogP contribution < -0.4 is 4.74 Å². The predicted octanol–water partition coefficient (Wildman–Crippen LogP) is 1.86. The summed E-state index contributed by atoms with van der Waals surface area (Å²) >= 11 is 0. The Balaban J connectivity index is 1.92. The van der Waals surface area contributed by atoms with Crippen LogP contribution in [0.4, 0.5) is 0 Å². The van der Waals surface area contributed by atoms with Crippen molar-refractivity contribution < 1.29 is 14.6 Å². The lowest BCUT2D eigenvalue weighted by atomic mass is 9.98. The van der Waals surface area contributed by atoms with Crippen molar-refractivity contribution >= 4 is 5.91 Å². The number of hydrogen-bond acceptors (Lipinski definition) is 3. The van der Waals surface area contributed by atoms with Crippen LogP contribution in [-0.4, -0.2) is 42.2 Å². The van der Waals surface area contributed by atoms with Crippen LogP contribution in [0, 0.1) is 5.92 Å². The van der Waals surface area contributed by atoms with Gasteiger partial charge in [0.1, 0.15) is 5.75 Å². The number of piperidine rings is 1. The molecule has 1 saturated heterocycles. The number of carbonyl (C=O) groups is 1. The van der Waals surface area contributed by atoms with Crippen LogP contribution in [-0.2, 0) is 11.2 Å². The Labute approximate surface area is 120 Å². The van der Waals surface area contributed by atoms with Gasteiger partial charge in [-0.25, -0.2) is 0 Å². The molecule has 1 N–H and O–H groups in total. The fourth-order valence-electron chi connectivity index (χ4n) is 2.67. The summed E-state index contributed by atoms with van der Waals surface area (Å²) in [6, 6.07) is 7.82. The topological polar surface area (TPSA) is 49.8 Å². The summed E-state index contributed by atoms with van der Waals surface area (Å²) in [5.41, 5.74) is 1.13. The molecule has 0 radical (unpaired) electrons. The number of methoxy groups -OCH3 is 1. The monoisotopic (exact) mass is 277 g/mol. The first-order chi connectivity index (χ1) is 9.60. The summed E-state index contributed by atoms with van der Waals surface area (Å²) < 4.78 is 5.13. The van der Waals surface area contributed by atoms with Crippen LogP contribution in [0.2, 0.25) is 0 Å². The molecule has 4 heteroatoms. The van der Waals surface area contributed by atoms with Crippen LogP contribution >= 0.6 is 0 Å². The quantitative estimate of drug-likeness (QED) is 0.914. The van der Waals surface area contributed by atoms with Crippen molar-refractivity contribution in [3.8, 4) is 5.75 Å². The zero-order valence-electron chi connectivity index (χ0n) is 12.2. The molecule has 1 aliphatic heterocycles. The Hall–Kier alpha value is -1.55. The van der Waals surface area contributed by atoms with E-state index < -0.39 is 0 Å². The second kappa shape index (κ2) is 6.75. The molecular weight excluding hydrogens is 254 g/mol. The molecule has 2 unspecified atom stereocenters. The van der Waals surface area contributed by atoms with Gasteiger partial charge >= 0.3 is 0 Å². The third-order valence-electron chi connectivity index (χ3n) is 3.83. The molecule has 0 bridgehead atoms. The molecule has 0 aliphatic carbocycles. The predicted molar refractivity (Wildman–Crippen MR) is 77.7 cm³/mol. The third-order valence-corrected chi connectivity index (χ3v) is 3.83. The molecule has 4 nitrogen and oxygen atoms in total. The first-order valence-electron chi connectivity index (χ1n) is 7.20. The molecule has 2 rings (SSSR count). The van der Waals surface area contributed by atoms with Crippen LogP contribution in [0.25, 0.3) is 0 Å². The number of amides is 1. The zero-order valence-corrected chi connectivity index (χ0v) is 12.2. The van der Waals surface area contributed by atoms with Crippen LogP contribution in [0.5, 0.6) is 5.75 Å². The van der Waals surface area contributed by atoms with Gasteiger partial charge in [-0.2, -0.15) is 0 Å². The van der Waals surface area contributed by atoms with Gasteiger partial charge in [0.25, 0.3) is 0 Å². The van der Waals surface area contributed by atoms with Gasteiger partial charge in [0, 0.05) is 19.0 Å². The van der Waals surface area contributed by atoms with Crippen molar-refractivity contribution in [1.82, 2.24) is 4.90 Å². The molecule has 110 valence electrons. The van der Waals surface area contributed by atoms with E-state index in [1.165, 1.54) is 0 Å². The lowest BCUT2D eigenvalue weighted by Crippen LogP contribution is -2.44. The number of rotatable bonds is 4. The van der Waals surface area contributed by atoms with E-state index in [1.807, 2.05) is 31.2 Å². The summed E-state index contributed by atoms with van der Waals surface area (Å²) in [5, 5.41) is 9.65. The van der Waals surface area contributed by atoms with Crippen LogP contribution in [0.3, 0.4) is 0 Å². The Morgan fingerprint density at radius 2 is 2.15 bits per heavy atom. The third kappa shape index (κ3) is 3.73. The van der Waals surface area contributed by atoms with Crippen LogP contribution in [0.1, 0.15) is 25.3 Å². The standard InChI is InChI=1S/C16H23NO3/c1-12(10-13-5-7-15(20-2)8-6-13)16(19)17-9-3-4-14(18)11-17/h5-8,12,14,18H,3-4,9-11H2,1-2H3. The molecule has 1 heterocycles. The fraction of sp³-hybridized carbons (Fsp3) is 0.562. The largest absolute Gasteiger partial charge is 0.497 e. The van der Waals surface area contributed by atoms with Gasteiger partial charge < -0.3 is 14.7 Å². The number of β-amino-alcohol motifs (C(OH)–C–C–N with tert-alkyl or cyclic N) is 1. The number of likely N-dealkylation sites (tertiary alicyclic amines) is 1. The van der Waals surface area contributed by atoms with E-state index in [2.05, 4.69) is 0 Å². The summed E-state index contributed by atoms with van der Waals surface area (Å²) in [6.07, 6.45) is 2.05. The molecule has 0 saturated carbocycles. The van der Waals surface area contributed by atoms with Gasteiger partial charge in [-0.05, 0) is 37.0 Å². The van der Waals surface area contributed by atoms with Crippen molar-refractivity contribution in [1.29, 1.82) is 0 Å². The van der Waals surface area contributed by atoms with Gasteiger partial charge in [0.15, 0.2) is 0 Å². The number of ether oxygens (including phenoxy) is 1. The van der Waals surface area contributed by atoms with E-state index >= 15 is 0 Å². The molecule has 1 fully saturated rings. The number of nitrogens with zero attached hydrogens (tertiary/aromatic N) is 1. The van der Waals surface area contributed by atoms with Gasteiger partial charge in [0.05, 0.1) is 13.2 Å². The zero-order chi connectivity index (χ0) is 14.5. The first kappa shape index (κ1) is 14.9. The highest BCUT2D eigenvalue weighted by Gasteiger charge is 2.25. The van der Waals surface area contributed by atoms with E-state index in [0.717, 1.165) is 37.1 Å². The number of benzene rings is 1. The summed E-state index contributed by atoms with van der Waals surface area (Å²) in [5.74, 6) is 0.903. The fourth-order valence-corrected chi connectivity index (χ4v) is 2.67. The lowest BCUT2D eigenvalue weighted by molar-refractivity contribution is -0.138. The van der Waals surface area contributed by atoms with Crippen molar-refractivity contribution in [3.63, 3.8) is 0 Å². The van der Waals surface area contributed by atoms with Crippen molar-refractivity contribution in [2.75, 3.05) is 20.2 Å². The van der Waals surface area contributed by atoms with E-state index in [-0.39, 0.29) is 17.9 Å². The molecule has 0 aromatic heterocycles. The molecule has 20 heavy (non-hydrogen) atoms. The van der Waals surface area contributed by atoms with Crippen LogP contribution in [0.15, 0.2) is 24.3 Å². The highest BCUT2D eigenvalue weighted by molar-refractivity contribution is 5.79. The Kier molecular flexibility index (Phi) is 5.01. The minimum atomic E-state index is -0.360. The normalized spacial score (nSPS) is 20.6. The molecule has 1 aromatic rings. The van der Waals surface area contributed by atoms with Gasteiger partial charge in [-0.3, -0.25) is 4.79 Å². The SMILES string of the molecule is COc1ccc(CC(C)C(=O)N2CCCC(O)C2)cc1. The maximum absolute atomic E-state index is 12.4. The highest BCUT2D eigenvalue weighted by Crippen LogP contribution is 2.18. The van der Waals surface area contributed by atoms with Crippen molar-refractivity contribution in [2.24, 2.45) is 5.92 Å². The maximum atomic E-state index is 12.4. The molecule has 1 amide bonds. The average Bonchev–Trinajstić information content (AvgIpc) is 2.47. The maximum Gasteiger partial charge on any atom is 0.225 e. The van der Waals surface area contributed by atoms with E-state index in [4.69, 9.17) is 4.74 Å². The second-order valence-electron chi connectivity index (χ2n) is 5.53. The number of aliphatic hydroxyl groups is 1. The summed E-state index contributed by atoms with van der Waals surface area (Å²) in [6.45, 7) is 3.20. The van der Waals surface area contributed by atoms with Gasteiger partial charge in [-0.15, -0.1) is 0 Å². The smallest absolute Gasteiger partial charge is 0.225 e. The summed E-state index contributed by atoms with van der Waals surface area (Å²) in [7, 11) is 1.64. The minimum Gasteiger partial charge on any atom is -0.497 e. The van der Waals surface area contributed by atoms with Gasteiger partial charge in [-0.1, -0.05) is 19.1 Å². The molecule has 1 aliphatic rings. The molecule has 2 atom stereocenters. The van der Waals surface area contributed by atoms with Crippen molar-refractivity contribution in [3.05, 3.63) is 29.8 Å². The minimum absolute atomic E-state index is 0.0614. The summed E-state index contributed by atoms with van der Waals surface area (Å²) in [4.78, 5) is 14.2. The van der Waals surface area contributed by atoms with Gasteiger partial charge in [0.2, 0.25) is 5.91 Å². The second-order valence-corrected chi connectivity index (χ2v) is 5.53. The molecule has 1 aromatic carbocycles. The Morgan fingerprint density at radius 1 is 1.45 bits per heavy atom. The molecule has 0 spiro atoms. The molecular formula is C16H23NO3. The van der Waals surface area contributed by atoms with Crippen molar-refractivity contribution in [2.45, 2.75) is 32.3 Å². The van der Waals surface area contributed by atoms with E-state index in [9.17, 15) is 9.90 Å². The first-order valence-corrected chi connectivity index (χ1v) is 7.20. The number of aliphatic hydroxyl groups excluding tert-OH is 1. The Morgan fingerprint density at radius 3 is 2.75 bits per heavy atom. The lowest BCUT2D eigenvalue weighted by Gasteiger charge is -2.32. The average molecular weight is 277 g/mol. The number of hydrogen-bond donors (Lipinski definition) is 1. The number of carbonyl (C=O) groups excluding carboxylic acids is 1. The highest BCUT2D eigenvalue weighted by atomic mass is 16.5. The Bertz CT molecular complexity index is 444. The van der Waals surface area contributed by atoms with E-state index in [1.54, 1.807) is 12.0 Å². The van der Waals surface area contributed by atoms with E-state index in [0.29, 0.717) is 6.54 Å².